The number of hydrogen-bond acceptors (Lipinski definition) is 10. The van der Waals surface area contributed by atoms with Gasteiger partial charge < -0.3 is 23.8 Å². The van der Waals surface area contributed by atoms with E-state index in [1.165, 1.54) is 13.2 Å². The summed E-state index contributed by atoms with van der Waals surface area (Å²) in [5.41, 5.74) is 4.48. The molecule has 15 heteroatoms. The third kappa shape index (κ3) is 8.20. The van der Waals surface area contributed by atoms with Gasteiger partial charge in [0.15, 0.2) is 12.6 Å². The van der Waals surface area contributed by atoms with Crippen molar-refractivity contribution in [2.24, 2.45) is 5.92 Å². The van der Waals surface area contributed by atoms with Crippen molar-refractivity contribution < 1.29 is 36.9 Å². The van der Waals surface area contributed by atoms with Crippen molar-refractivity contribution in [1.29, 1.82) is 0 Å². The van der Waals surface area contributed by atoms with Crippen LogP contribution in [0.2, 0.25) is 16.6 Å². The van der Waals surface area contributed by atoms with Gasteiger partial charge in [-0.05, 0) is 106 Å². The smallest absolute Gasteiger partial charge is 0.410 e. The lowest BCUT2D eigenvalue weighted by Gasteiger charge is -2.49. The molecule has 9 rings (SSSR count). The van der Waals surface area contributed by atoms with Crippen molar-refractivity contribution in [3.63, 3.8) is 0 Å². The second-order valence-corrected chi connectivity index (χ2v) is 27.4. The van der Waals surface area contributed by atoms with Gasteiger partial charge >= 0.3 is 12.1 Å². The van der Waals surface area contributed by atoms with Gasteiger partial charge in [0.05, 0.1) is 40.3 Å². The molecule has 4 saturated heterocycles. The molecule has 1 amide bonds. The fourth-order valence-electron chi connectivity index (χ4n) is 12.9. The predicted octanol–water partition coefficient (Wildman–Crippen LogP) is 10.8. The number of methoxy groups -OCH3 is 1. The summed E-state index contributed by atoms with van der Waals surface area (Å²) in [4.78, 5) is 35.5. The second kappa shape index (κ2) is 17.7. The molecule has 67 heavy (non-hydrogen) atoms. The quantitative estimate of drug-likeness (QED) is 0.0868. The summed E-state index contributed by atoms with van der Waals surface area (Å²) in [5.74, 6) is 2.94. The third-order valence-corrected chi connectivity index (χ3v) is 21.9. The van der Waals surface area contributed by atoms with Crippen LogP contribution in [0.15, 0.2) is 24.3 Å². The van der Waals surface area contributed by atoms with Crippen LogP contribution >= 0.6 is 0 Å². The number of fused-ring (bicyclic) bond motifs is 7. The molecular weight excluding hydrogens is 874 g/mol. The summed E-state index contributed by atoms with van der Waals surface area (Å²) in [6.07, 6.45) is 2.71. The van der Waals surface area contributed by atoms with E-state index in [-0.39, 0.29) is 66.3 Å². The zero-order valence-corrected chi connectivity index (χ0v) is 42.1. The lowest BCUT2D eigenvalue weighted by atomic mass is 9.88. The number of benzene rings is 2. The molecule has 0 unspecified atom stereocenters. The Morgan fingerprint density at radius 3 is 2.43 bits per heavy atom. The van der Waals surface area contributed by atoms with Crippen molar-refractivity contribution in [2.45, 2.75) is 160 Å². The number of ether oxygens (including phenoxy) is 4. The van der Waals surface area contributed by atoms with Crippen LogP contribution in [0.4, 0.5) is 23.8 Å². The molecule has 7 heterocycles. The zero-order valence-electron chi connectivity index (χ0n) is 41.1. The third-order valence-electron chi connectivity index (χ3n) is 15.6. The fraction of sp³-hybridized carbons (Fsp3) is 0.615. The van der Waals surface area contributed by atoms with Crippen LogP contribution in [0.5, 0.6) is 11.8 Å². The van der Waals surface area contributed by atoms with E-state index in [2.05, 4.69) is 69.7 Å². The lowest BCUT2D eigenvalue weighted by Crippen LogP contribution is -2.63. The number of carbonyl (C=O) groups excluding carboxylic acids is 1. The second-order valence-electron chi connectivity index (χ2n) is 21.8. The summed E-state index contributed by atoms with van der Waals surface area (Å²) in [7, 11) is -0.830. The maximum Gasteiger partial charge on any atom is 0.410 e. The van der Waals surface area contributed by atoms with Gasteiger partial charge in [-0.3, -0.25) is 9.80 Å². The first kappa shape index (κ1) is 47.4. The van der Waals surface area contributed by atoms with Crippen LogP contribution < -0.4 is 14.4 Å². The maximum atomic E-state index is 18.3. The molecule has 4 fully saturated rings. The average Bonchev–Trinajstić information content (AvgIpc) is 3.87. The molecule has 0 N–H and O–H groups in total. The number of carbonyl (C=O) groups is 1. The Morgan fingerprint density at radius 1 is 0.985 bits per heavy atom. The van der Waals surface area contributed by atoms with Gasteiger partial charge in [-0.25, -0.2) is 22.9 Å². The summed E-state index contributed by atoms with van der Waals surface area (Å²) in [5, 5.41) is 1.50. The van der Waals surface area contributed by atoms with Gasteiger partial charge in [-0.2, -0.15) is 9.97 Å². The van der Waals surface area contributed by atoms with Crippen LogP contribution in [-0.4, -0.2) is 114 Å². The van der Waals surface area contributed by atoms with Gasteiger partial charge in [0.1, 0.15) is 55.0 Å². The van der Waals surface area contributed by atoms with Crippen molar-refractivity contribution in [1.82, 2.24) is 24.8 Å². The Morgan fingerprint density at radius 2 is 1.73 bits per heavy atom. The molecule has 11 nitrogen and oxygen atoms in total. The molecule has 4 aromatic rings. The lowest BCUT2D eigenvalue weighted by molar-refractivity contribution is 0.00489. The molecule has 5 aliphatic heterocycles. The van der Waals surface area contributed by atoms with Gasteiger partial charge in [0, 0.05) is 37.6 Å². The number of aromatic nitrogens is 3. The Bertz CT molecular complexity index is 2630. The normalized spacial score (nSPS) is 24.9. The largest absolute Gasteiger partial charge is 0.468 e. The van der Waals surface area contributed by atoms with Crippen molar-refractivity contribution >= 4 is 41.7 Å². The Kier molecular flexibility index (Phi) is 12.5. The molecule has 5 aliphatic rings. The number of amides is 1. The van der Waals surface area contributed by atoms with Gasteiger partial charge in [-0.1, -0.05) is 60.5 Å². The van der Waals surface area contributed by atoms with Crippen LogP contribution in [0.1, 0.15) is 113 Å². The van der Waals surface area contributed by atoms with Crippen LogP contribution in [0.3, 0.4) is 0 Å². The van der Waals surface area contributed by atoms with Gasteiger partial charge in [0.25, 0.3) is 0 Å². The molecule has 0 spiro atoms. The number of anilines is 1. The van der Waals surface area contributed by atoms with Crippen molar-refractivity contribution in [3.8, 4) is 34.5 Å². The highest BCUT2D eigenvalue weighted by molar-refractivity contribution is 6.90. The number of halogens is 3. The van der Waals surface area contributed by atoms with E-state index in [4.69, 9.17) is 33.9 Å². The van der Waals surface area contributed by atoms with Gasteiger partial charge in [0.2, 0.25) is 0 Å². The van der Waals surface area contributed by atoms with Gasteiger partial charge in [-0.15, -0.1) is 5.54 Å². The fourth-order valence-corrected chi connectivity index (χ4v) is 18.1. The Balaban J connectivity index is 1.26. The molecule has 0 radical (unpaired) electrons. The first-order valence-electron chi connectivity index (χ1n) is 24.4. The van der Waals surface area contributed by atoms with E-state index in [1.807, 2.05) is 25.7 Å². The van der Waals surface area contributed by atoms with E-state index >= 15 is 8.78 Å². The molecule has 0 saturated carbocycles. The molecule has 360 valence electrons. The highest BCUT2D eigenvalue weighted by Gasteiger charge is 2.54. The first-order chi connectivity index (χ1) is 31.8. The minimum absolute atomic E-state index is 0.0137. The Hall–Kier alpha value is -4.65. The van der Waals surface area contributed by atoms with Crippen LogP contribution in [0.25, 0.3) is 32.9 Å². The highest BCUT2D eigenvalue weighted by atomic mass is 28.3. The minimum Gasteiger partial charge on any atom is -0.468 e. The molecule has 2 aromatic carbocycles. The Labute approximate surface area is 394 Å². The molecular formula is C52H67F3N6O5Si. The number of alkyl halides is 1. The molecule has 0 aliphatic carbocycles. The van der Waals surface area contributed by atoms with E-state index in [0.29, 0.717) is 81.5 Å². The number of pyridine rings is 1. The summed E-state index contributed by atoms with van der Waals surface area (Å²) in [6.45, 7) is 22.7. The topological polar surface area (TPSA) is 102 Å². The van der Waals surface area contributed by atoms with Crippen LogP contribution in [0, 0.1) is 29.0 Å². The average molecular weight is 941 g/mol. The first-order valence-corrected chi connectivity index (χ1v) is 26.6. The molecule has 2 aromatic heterocycles. The van der Waals surface area contributed by atoms with Crippen LogP contribution in [-0.2, 0) is 15.9 Å². The van der Waals surface area contributed by atoms with E-state index in [0.717, 1.165) is 32.2 Å². The molecule has 6 atom stereocenters. The number of hydrogen-bond donors (Lipinski definition) is 0. The zero-order chi connectivity index (χ0) is 47.9. The summed E-state index contributed by atoms with van der Waals surface area (Å²) < 4.78 is 73.7. The minimum atomic E-state index is -2.35. The van der Waals surface area contributed by atoms with Crippen molar-refractivity contribution in [2.75, 3.05) is 45.0 Å². The number of rotatable bonds is 10. The number of nitrogens with zero attached hydrogens (tertiary/aromatic N) is 6. The SMILES string of the molecule is COCOc1cc(-c2nc3c4c(nc(OC[C@@]56CCCN5C[C@H](F)C6)nc4c2F)N2C[C@H]4CC[C@@H]([C@@H]2[C@@H](C)C3)N4C(=O)OC(C)(C)C)c2c(C#C[Si](C(C)C)(C(C)C)C(C)C)c(F)ccc2c1. The van der Waals surface area contributed by atoms with E-state index in [9.17, 15) is 9.18 Å². The maximum absolute atomic E-state index is 18.3. The standard InChI is InChI=1S/C52H67F3N6O5Si/c1-29(2)67(30(3)4,31(5)6)20-17-37-39(54)15-13-33-22-36(65-28-63-11)23-38(42(33)37)45-44(55)46-43-40(56-45)21-32(7)47-41-16-14-35(61(41)50(62)66-51(8,9)10)26-60(47)48(43)58-49(57-46)64-27-52-18-12-19-59(52)25-34(53)24-52/h13,15,22-23,29-32,34-35,41,47H,12,14,16,18-19,21,24-28H2,1-11H3/t32-,34+,35+,41-,47-,52-/m0/s1. The highest BCUT2D eigenvalue weighted by Crippen LogP contribution is 2.48. The monoisotopic (exact) mass is 940 g/mol. The summed E-state index contributed by atoms with van der Waals surface area (Å²) in [6, 6.07) is 5.95. The van der Waals surface area contributed by atoms with E-state index < -0.39 is 37.0 Å². The van der Waals surface area contributed by atoms with Crippen molar-refractivity contribution in [3.05, 3.63) is 47.2 Å². The number of piperazine rings is 1. The molecule has 2 bridgehead atoms. The van der Waals surface area contributed by atoms with E-state index in [1.54, 1.807) is 18.2 Å². The summed E-state index contributed by atoms with van der Waals surface area (Å²) >= 11 is 0. The predicted molar refractivity (Wildman–Crippen MR) is 258 cm³/mol.